The molecular weight excluding hydrogens is 450 g/mol. The lowest BCUT2D eigenvalue weighted by Crippen LogP contribution is -2.47. The number of ether oxygens (including phenoxy) is 2. The third kappa shape index (κ3) is 5.86. The highest BCUT2D eigenvalue weighted by atomic mass is 32.1. The molecule has 182 valence electrons. The molecule has 3 saturated heterocycles. The maximum atomic E-state index is 5.68. The van der Waals surface area contributed by atoms with Gasteiger partial charge >= 0.3 is 0 Å². The van der Waals surface area contributed by atoms with Crippen molar-refractivity contribution < 1.29 is 9.47 Å². The standard InChI is InChI=1S/C24H33N7O2S/c34-24(25-18-20-7-4-14-33-20)28-23-26-21(17-22(27-23)31-12-15-32-16-13-31)30-10-8-29(9-11-30)19-5-2-1-3-6-19/h1-3,5-6,17,20H,4,7-16,18H2,(H2,25,26,27,28,34). The van der Waals surface area contributed by atoms with E-state index in [0.29, 0.717) is 30.8 Å². The topological polar surface area (TPSA) is 78.0 Å². The molecule has 2 aromatic rings. The van der Waals surface area contributed by atoms with Crippen molar-refractivity contribution in [3.8, 4) is 0 Å². The average molecular weight is 484 g/mol. The third-order valence-corrected chi connectivity index (χ3v) is 6.75. The largest absolute Gasteiger partial charge is 0.378 e. The van der Waals surface area contributed by atoms with Crippen LogP contribution in [0.25, 0.3) is 0 Å². The molecule has 0 radical (unpaired) electrons. The van der Waals surface area contributed by atoms with Gasteiger partial charge in [-0.05, 0) is 37.2 Å². The lowest BCUT2D eigenvalue weighted by Gasteiger charge is -2.37. The molecule has 3 aliphatic heterocycles. The maximum absolute atomic E-state index is 5.68. The summed E-state index contributed by atoms with van der Waals surface area (Å²) < 4.78 is 11.2. The second-order valence-electron chi connectivity index (χ2n) is 8.79. The number of morpholine rings is 1. The number of anilines is 4. The van der Waals surface area contributed by atoms with E-state index in [1.54, 1.807) is 0 Å². The Kier molecular flexibility index (Phi) is 7.57. The van der Waals surface area contributed by atoms with E-state index in [1.807, 2.05) is 0 Å². The lowest BCUT2D eigenvalue weighted by atomic mass is 10.2. The van der Waals surface area contributed by atoms with Crippen LogP contribution in [0.4, 0.5) is 23.3 Å². The molecule has 4 heterocycles. The first-order chi connectivity index (χ1) is 16.7. The fraction of sp³-hybridized carbons (Fsp3) is 0.542. The van der Waals surface area contributed by atoms with Gasteiger partial charge in [-0.15, -0.1) is 0 Å². The molecule has 1 unspecified atom stereocenters. The van der Waals surface area contributed by atoms with Gasteiger partial charge in [0.25, 0.3) is 0 Å². The molecule has 5 rings (SSSR count). The Labute approximate surface area is 206 Å². The number of nitrogens with zero attached hydrogens (tertiary/aromatic N) is 5. The van der Waals surface area contributed by atoms with E-state index in [4.69, 9.17) is 31.7 Å². The molecule has 3 aliphatic rings. The van der Waals surface area contributed by atoms with E-state index in [-0.39, 0.29) is 6.10 Å². The van der Waals surface area contributed by atoms with Crippen LogP contribution in [0.15, 0.2) is 36.4 Å². The molecule has 9 nitrogen and oxygen atoms in total. The van der Waals surface area contributed by atoms with Crippen molar-refractivity contribution in [3.63, 3.8) is 0 Å². The molecule has 0 aliphatic carbocycles. The van der Waals surface area contributed by atoms with Gasteiger partial charge in [0.2, 0.25) is 5.95 Å². The van der Waals surface area contributed by atoms with Crippen LogP contribution in [-0.2, 0) is 9.47 Å². The highest BCUT2D eigenvalue weighted by molar-refractivity contribution is 7.80. The SMILES string of the molecule is S=C(NCC1CCCO1)Nc1nc(N2CCOCC2)cc(N2CCN(c3ccccc3)CC2)n1. The van der Waals surface area contributed by atoms with Gasteiger partial charge in [0.15, 0.2) is 5.11 Å². The summed E-state index contributed by atoms with van der Waals surface area (Å²) >= 11 is 5.53. The van der Waals surface area contributed by atoms with Gasteiger partial charge in [0.05, 0.1) is 19.3 Å². The molecule has 0 spiro atoms. The van der Waals surface area contributed by atoms with Gasteiger partial charge in [-0.1, -0.05) is 18.2 Å². The Balaban J connectivity index is 1.28. The van der Waals surface area contributed by atoms with Gasteiger partial charge in [0.1, 0.15) is 11.6 Å². The summed E-state index contributed by atoms with van der Waals surface area (Å²) in [5.74, 6) is 2.35. The Bertz CT molecular complexity index is 944. The number of rotatable bonds is 6. The first-order valence-corrected chi connectivity index (χ1v) is 12.6. The summed E-state index contributed by atoms with van der Waals surface area (Å²) in [7, 11) is 0. The summed E-state index contributed by atoms with van der Waals surface area (Å²) in [6.07, 6.45) is 2.40. The fourth-order valence-electron chi connectivity index (χ4n) is 4.58. The van der Waals surface area contributed by atoms with Crippen LogP contribution in [0.1, 0.15) is 12.8 Å². The minimum Gasteiger partial charge on any atom is -0.378 e. The monoisotopic (exact) mass is 483 g/mol. The highest BCUT2D eigenvalue weighted by Gasteiger charge is 2.22. The van der Waals surface area contributed by atoms with Crippen molar-refractivity contribution >= 4 is 40.6 Å². The van der Waals surface area contributed by atoms with Crippen molar-refractivity contribution in [2.24, 2.45) is 0 Å². The van der Waals surface area contributed by atoms with E-state index in [9.17, 15) is 0 Å². The molecule has 34 heavy (non-hydrogen) atoms. The van der Waals surface area contributed by atoms with Crippen LogP contribution in [0, 0.1) is 0 Å². The summed E-state index contributed by atoms with van der Waals surface area (Å²) in [6.45, 7) is 8.28. The summed E-state index contributed by atoms with van der Waals surface area (Å²) in [6, 6.07) is 12.7. The number of benzene rings is 1. The number of hydrogen-bond donors (Lipinski definition) is 2. The Morgan fingerprint density at radius 1 is 0.912 bits per heavy atom. The molecule has 0 saturated carbocycles. The van der Waals surface area contributed by atoms with Crippen LogP contribution in [0.2, 0.25) is 0 Å². The van der Waals surface area contributed by atoms with Crippen molar-refractivity contribution in [2.75, 3.05) is 85.7 Å². The predicted molar refractivity (Wildman–Crippen MR) is 139 cm³/mol. The minimum absolute atomic E-state index is 0.219. The van der Waals surface area contributed by atoms with Crippen LogP contribution in [0.5, 0.6) is 0 Å². The zero-order valence-electron chi connectivity index (χ0n) is 19.5. The second-order valence-corrected chi connectivity index (χ2v) is 9.20. The van der Waals surface area contributed by atoms with Crippen molar-refractivity contribution in [2.45, 2.75) is 18.9 Å². The van der Waals surface area contributed by atoms with Gasteiger partial charge in [0, 0.05) is 64.2 Å². The van der Waals surface area contributed by atoms with Gasteiger partial charge < -0.3 is 34.8 Å². The summed E-state index contributed by atoms with van der Waals surface area (Å²) in [5, 5.41) is 6.99. The first-order valence-electron chi connectivity index (χ1n) is 12.2. The zero-order chi connectivity index (χ0) is 23.2. The molecule has 1 aromatic carbocycles. The molecular formula is C24H33N7O2S. The summed E-state index contributed by atoms with van der Waals surface area (Å²) in [4.78, 5) is 16.6. The zero-order valence-corrected chi connectivity index (χ0v) is 20.3. The van der Waals surface area contributed by atoms with E-state index in [0.717, 1.165) is 70.4 Å². The minimum atomic E-state index is 0.219. The normalized spacial score (nSPS) is 20.9. The predicted octanol–water partition coefficient (Wildman–Crippen LogP) is 2.11. The van der Waals surface area contributed by atoms with Crippen LogP contribution < -0.4 is 25.3 Å². The Morgan fingerprint density at radius 3 is 2.26 bits per heavy atom. The van der Waals surface area contributed by atoms with E-state index >= 15 is 0 Å². The van der Waals surface area contributed by atoms with E-state index in [1.165, 1.54) is 5.69 Å². The molecule has 1 aromatic heterocycles. The number of hydrogen-bond acceptors (Lipinski definition) is 8. The third-order valence-electron chi connectivity index (χ3n) is 6.50. The number of thiocarbonyl (C=S) groups is 1. The molecule has 3 fully saturated rings. The molecule has 1 atom stereocenters. The van der Waals surface area contributed by atoms with Crippen molar-refractivity contribution in [1.82, 2.24) is 15.3 Å². The lowest BCUT2D eigenvalue weighted by molar-refractivity contribution is 0.114. The van der Waals surface area contributed by atoms with Crippen molar-refractivity contribution in [3.05, 3.63) is 36.4 Å². The summed E-state index contributed by atoms with van der Waals surface area (Å²) in [5.41, 5.74) is 1.27. The molecule has 2 N–H and O–H groups in total. The van der Waals surface area contributed by atoms with Crippen molar-refractivity contribution in [1.29, 1.82) is 0 Å². The number of para-hydroxylation sites is 1. The first kappa shape index (κ1) is 23.1. The second kappa shape index (κ2) is 11.2. The fourth-order valence-corrected chi connectivity index (χ4v) is 4.76. The highest BCUT2D eigenvalue weighted by Crippen LogP contribution is 2.24. The Hall–Kier alpha value is -2.69. The molecule has 10 heteroatoms. The average Bonchev–Trinajstić information content (AvgIpc) is 3.42. The number of nitrogens with one attached hydrogen (secondary N) is 2. The number of piperazine rings is 1. The van der Waals surface area contributed by atoms with Crippen LogP contribution >= 0.6 is 12.2 Å². The van der Waals surface area contributed by atoms with Gasteiger partial charge in [-0.3, -0.25) is 0 Å². The Morgan fingerprint density at radius 2 is 1.59 bits per heavy atom. The van der Waals surface area contributed by atoms with E-state index in [2.05, 4.69) is 61.7 Å². The quantitative estimate of drug-likeness (QED) is 0.597. The van der Waals surface area contributed by atoms with Crippen LogP contribution in [-0.4, -0.2) is 86.8 Å². The maximum Gasteiger partial charge on any atom is 0.232 e. The molecule has 0 amide bonds. The van der Waals surface area contributed by atoms with Crippen LogP contribution in [0.3, 0.4) is 0 Å². The smallest absolute Gasteiger partial charge is 0.232 e. The van der Waals surface area contributed by atoms with Gasteiger partial charge in [-0.2, -0.15) is 9.97 Å². The van der Waals surface area contributed by atoms with E-state index < -0.39 is 0 Å². The van der Waals surface area contributed by atoms with Gasteiger partial charge in [-0.25, -0.2) is 0 Å². The molecule has 0 bridgehead atoms. The number of aromatic nitrogens is 2.